The molecule has 0 aromatic carbocycles. The van der Waals surface area contributed by atoms with Crippen LogP contribution in [0.2, 0.25) is 0 Å². The molecule has 0 unspecified atom stereocenters. The predicted molar refractivity (Wildman–Crippen MR) is 76.5 cm³/mol. The number of sulfonamides is 1. The van der Waals surface area contributed by atoms with Crippen LogP contribution in [0, 0.1) is 6.92 Å². The molecule has 6 heteroatoms. The number of hydrogen-bond acceptors (Lipinski definition) is 3. The lowest BCUT2D eigenvalue weighted by Gasteiger charge is -2.06. The molecule has 0 atom stereocenters. The fourth-order valence-electron chi connectivity index (χ4n) is 1.93. The van der Waals surface area contributed by atoms with Crippen LogP contribution in [0.3, 0.4) is 0 Å². The van der Waals surface area contributed by atoms with Crippen molar-refractivity contribution in [1.82, 2.24) is 14.5 Å². The second-order valence-electron chi connectivity index (χ2n) is 4.88. The van der Waals surface area contributed by atoms with Crippen molar-refractivity contribution < 1.29 is 8.42 Å². The summed E-state index contributed by atoms with van der Waals surface area (Å²) in [4.78, 5) is 0.279. The standard InChI is InChI=1S/C13H25N3O2S/c1-4-5-6-7-8-9-10-15-19(17,18)13-11-14-16(3)12(13)2/h11,15H,4-10H2,1-3H3. The van der Waals surface area contributed by atoms with E-state index < -0.39 is 10.0 Å². The Morgan fingerprint density at radius 2 is 1.84 bits per heavy atom. The van der Waals surface area contributed by atoms with Crippen molar-refractivity contribution in [2.45, 2.75) is 57.3 Å². The van der Waals surface area contributed by atoms with Crippen LogP contribution >= 0.6 is 0 Å². The van der Waals surface area contributed by atoms with Gasteiger partial charge >= 0.3 is 0 Å². The monoisotopic (exact) mass is 287 g/mol. The second-order valence-corrected chi connectivity index (χ2v) is 6.62. The maximum absolute atomic E-state index is 12.0. The third kappa shape index (κ3) is 4.95. The Morgan fingerprint density at radius 3 is 2.42 bits per heavy atom. The van der Waals surface area contributed by atoms with E-state index in [4.69, 9.17) is 0 Å². The Morgan fingerprint density at radius 1 is 1.21 bits per heavy atom. The summed E-state index contributed by atoms with van der Waals surface area (Å²) in [5, 5.41) is 3.96. The van der Waals surface area contributed by atoms with Crippen molar-refractivity contribution in [3.05, 3.63) is 11.9 Å². The summed E-state index contributed by atoms with van der Waals surface area (Å²) >= 11 is 0. The summed E-state index contributed by atoms with van der Waals surface area (Å²) in [5.41, 5.74) is 0.662. The molecule has 1 aromatic rings. The van der Waals surface area contributed by atoms with Gasteiger partial charge in [0.1, 0.15) is 4.90 Å². The smallest absolute Gasteiger partial charge is 0.243 e. The van der Waals surface area contributed by atoms with E-state index in [0.29, 0.717) is 12.2 Å². The molecule has 0 amide bonds. The Balaban J connectivity index is 2.34. The zero-order valence-corrected chi connectivity index (χ0v) is 13.0. The van der Waals surface area contributed by atoms with E-state index in [2.05, 4.69) is 16.7 Å². The minimum absolute atomic E-state index is 0.279. The summed E-state index contributed by atoms with van der Waals surface area (Å²) in [6.07, 6.45) is 8.29. The van der Waals surface area contributed by atoms with E-state index in [1.165, 1.54) is 31.9 Å². The normalized spacial score (nSPS) is 11.9. The molecular formula is C13H25N3O2S. The molecule has 0 aliphatic heterocycles. The van der Waals surface area contributed by atoms with Gasteiger partial charge in [0, 0.05) is 13.6 Å². The van der Waals surface area contributed by atoms with Crippen molar-refractivity contribution >= 4 is 10.0 Å². The average Bonchev–Trinajstić information content (AvgIpc) is 2.69. The summed E-state index contributed by atoms with van der Waals surface area (Å²) in [5.74, 6) is 0. The van der Waals surface area contributed by atoms with Gasteiger partial charge in [-0.3, -0.25) is 4.68 Å². The van der Waals surface area contributed by atoms with Gasteiger partial charge < -0.3 is 0 Å². The van der Waals surface area contributed by atoms with Crippen LogP contribution in [-0.4, -0.2) is 24.7 Å². The molecule has 0 aliphatic rings. The largest absolute Gasteiger partial charge is 0.272 e. The van der Waals surface area contributed by atoms with Gasteiger partial charge in [0.15, 0.2) is 0 Å². The lowest BCUT2D eigenvalue weighted by atomic mass is 10.1. The van der Waals surface area contributed by atoms with Crippen molar-refractivity contribution in [2.75, 3.05) is 6.54 Å². The second kappa shape index (κ2) is 7.65. The van der Waals surface area contributed by atoms with Gasteiger partial charge in [-0.05, 0) is 13.3 Å². The van der Waals surface area contributed by atoms with Crippen LogP contribution < -0.4 is 4.72 Å². The quantitative estimate of drug-likeness (QED) is 0.709. The number of hydrogen-bond donors (Lipinski definition) is 1. The first kappa shape index (κ1) is 16.2. The molecule has 0 spiro atoms. The third-order valence-electron chi connectivity index (χ3n) is 3.30. The van der Waals surface area contributed by atoms with E-state index in [9.17, 15) is 8.42 Å². The van der Waals surface area contributed by atoms with E-state index in [1.54, 1.807) is 18.7 Å². The van der Waals surface area contributed by atoms with Crippen LogP contribution in [0.4, 0.5) is 0 Å². The molecule has 0 saturated carbocycles. The number of unbranched alkanes of at least 4 members (excludes halogenated alkanes) is 5. The lowest BCUT2D eigenvalue weighted by molar-refractivity contribution is 0.567. The number of nitrogens with zero attached hydrogens (tertiary/aromatic N) is 2. The van der Waals surface area contributed by atoms with E-state index in [0.717, 1.165) is 12.8 Å². The Labute approximate surface area is 116 Å². The van der Waals surface area contributed by atoms with Gasteiger partial charge in [-0.2, -0.15) is 5.10 Å². The molecule has 0 fully saturated rings. The minimum atomic E-state index is -3.40. The van der Waals surface area contributed by atoms with E-state index in [-0.39, 0.29) is 4.90 Å². The van der Waals surface area contributed by atoms with Gasteiger partial charge in [0.05, 0.1) is 11.9 Å². The van der Waals surface area contributed by atoms with Gasteiger partial charge in [0.25, 0.3) is 0 Å². The molecule has 1 heterocycles. The SMILES string of the molecule is CCCCCCCCNS(=O)(=O)c1cnn(C)c1C. The van der Waals surface area contributed by atoms with Crippen LogP contribution in [-0.2, 0) is 17.1 Å². The van der Waals surface area contributed by atoms with Gasteiger partial charge in [-0.25, -0.2) is 13.1 Å². The summed E-state index contributed by atoms with van der Waals surface area (Å²) < 4.78 is 28.3. The molecule has 1 rings (SSSR count). The molecule has 19 heavy (non-hydrogen) atoms. The summed E-state index contributed by atoms with van der Waals surface area (Å²) in [7, 11) is -1.66. The van der Waals surface area contributed by atoms with Crippen LogP contribution in [0.1, 0.15) is 51.1 Å². The van der Waals surface area contributed by atoms with Crippen molar-refractivity contribution in [1.29, 1.82) is 0 Å². The summed E-state index contributed by atoms with van der Waals surface area (Å²) in [6.45, 7) is 4.44. The number of rotatable bonds is 9. The third-order valence-corrected chi connectivity index (χ3v) is 4.87. The van der Waals surface area contributed by atoms with Crippen LogP contribution in [0.25, 0.3) is 0 Å². The maximum Gasteiger partial charge on any atom is 0.243 e. The molecule has 0 bridgehead atoms. The molecule has 1 N–H and O–H groups in total. The number of aryl methyl sites for hydroxylation is 1. The molecule has 0 aliphatic carbocycles. The van der Waals surface area contributed by atoms with Gasteiger partial charge in [-0.15, -0.1) is 0 Å². The molecule has 5 nitrogen and oxygen atoms in total. The fourth-order valence-corrected chi connectivity index (χ4v) is 3.21. The maximum atomic E-state index is 12.0. The average molecular weight is 287 g/mol. The zero-order chi connectivity index (χ0) is 14.3. The highest BCUT2D eigenvalue weighted by atomic mass is 32.2. The van der Waals surface area contributed by atoms with Crippen molar-refractivity contribution in [3.63, 3.8) is 0 Å². The Kier molecular flexibility index (Phi) is 6.51. The molecule has 0 radical (unpaired) electrons. The number of aromatic nitrogens is 2. The van der Waals surface area contributed by atoms with Crippen molar-refractivity contribution in [3.8, 4) is 0 Å². The minimum Gasteiger partial charge on any atom is -0.272 e. The highest BCUT2D eigenvalue weighted by Crippen LogP contribution is 2.13. The number of nitrogens with one attached hydrogen (secondary N) is 1. The highest BCUT2D eigenvalue weighted by molar-refractivity contribution is 7.89. The first-order valence-corrected chi connectivity index (χ1v) is 8.45. The zero-order valence-electron chi connectivity index (χ0n) is 12.1. The van der Waals surface area contributed by atoms with E-state index >= 15 is 0 Å². The first-order chi connectivity index (χ1) is 8.99. The van der Waals surface area contributed by atoms with E-state index in [1.807, 2.05) is 0 Å². The first-order valence-electron chi connectivity index (χ1n) is 6.97. The Hall–Kier alpha value is -0.880. The van der Waals surface area contributed by atoms with Gasteiger partial charge in [-0.1, -0.05) is 39.0 Å². The fraction of sp³-hybridized carbons (Fsp3) is 0.769. The van der Waals surface area contributed by atoms with Crippen LogP contribution in [0.5, 0.6) is 0 Å². The van der Waals surface area contributed by atoms with Crippen molar-refractivity contribution in [2.24, 2.45) is 7.05 Å². The highest BCUT2D eigenvalue weighted by Gasteiger charge is 2.18. The molecule has 0 saturated heterocycles. The van der Waals surface area contributed by atoms with Gasteiger partial charge in [0.2, 0.25) is 10.0 Å². The van der Waals surface area contributed by atoms with Crippen LogP contribution in [0.15, 0.2) is 11.1 Å². The molecular weight excluding hydrogens is 262 g/mol. The lowest BCUT2D eigenvalue weighted by Crippen LogP contribution is -2.25. The molecule has 110 valence electrons. The molecule has 1 aromatic heterocycles. The topological polar surface area (TPSA) is 64.0 Å². The Bertz CT molecular complexity index is 480. The summed E-state index contributed by atoms with van der Waals surface area (Å²) in [6, 6.07) is 0. The predicted octanol–water partition coefficient (Wildman–Crippen LogP) is 2.37.